The number of benzene rings is 1. The molecular weight excluding hydrogens is 258 g/mol. The Bertz CT molecular complexity index is 647. The van der Waals surface area contributed by atoms with Gasteiger partial charge in [0.1, 0.15) is 0 Å². The van der Waals surface area contributed by atoms with E-state index in [0.29, 0.717) is 0 Å². The summed E-state index contributed by atoms with van der Waals surface area (Å²) >= 11 is 1.66. The smallest absolute Gasteiger partial charge is 0.205 e. The summed E-state index contributed by atoms with van der Waals surface area (Å²) in [4.78, 5) is 0. The van der Waals surface area contributed by atoms with Crippen LogP contribution in [0.4, 0.5) is 0 Å². The summed E-state index contributed by atoms with van der Waals surface area (Å²) in [5, 5.41) is 9.38. The Morgan fingerprint density at radius 2 is 1.95 bits per heavy atom. The molecule has 1 aromatic carbocycles. The molecule has 0 N–H and O–H groups in total. The summed E-state index contributed by atoms with van der Waals surface area (Å²) in [7, 11) is 0. The van der Waals surface area contributed by atoms with Crippen LogP contribution >= 0.6 is 11.8 Å². The summed E-state index contributed by atoms with van der Waals surface area (Å²) in [5.74, 6) is 2.40. The van der Waals surface area contributed by atoms with E-state index in [2.05, 4.69) is 17.1 Å². The molecule has 19 heavy (non-hydrogen) atoms. The molecule has 2 aromatic heterocycles. The number of hydrogen-bond donors (Lipinski definition) is 0. The third kappa shape index (κ3) is 2.29. The van der Waals surface area contributed by atoms with Gasteiger partial charge in [0.15, 0.2) is 10.9 Å². The maximum absolute atomic E-state index is 5.44. The van der Waals surface area contributed by atoms with Gasteiger partial charge >= 0.3 is 0 Å². The third-order valence-corrected chi connectivity index (χ3v) is 3.47. The van der Waals surface area contributed by atoms with Crippen LogP contribution in [-0.4, -0.2) is 20.5 Å². The minimum Gasteiger partial charge on any atom is -0.461 e. The predicted octanol–water partition coefficient (Wildman–Crippen LogP) is 3.64. The van der Waals surface area contributed by atoms with E-state index in [-0.39, 0.29) is 0 Å². The standard InChI is InChI=1S/C14H13N3OS/c1-2-19-14-16-15-13(12-9-6-10-18-12)17(14)11-7-4-3-5-8-11/h3-10H,2H2,1H3. The largest absolute Gasteiger partial charge is 0.461 e. The van der Waals surface area contributed by atoms with Crippen LogP contribution in [-0.2, 0) is 0 Å². The Hall–Kier alpha value is -2.01. The zero-order chi connectivity index (χ0) is 13.1. The van der Waals surface area contributed by atoms with Gasteiger partial charge in [0.2, 0.25) is 5.82 Å². The molecule has 0 fully saturated rings. The van der Waals surface area contributed by atoms with E-state index in [4.69, 9.17) is 4.42 Å². The molecule has 0 radical (unpaired) electrons. The zero-order valence-electron chi connectivity index (χ0n) is 10.5. The molecule has 96 valence electrons. The molecule has 0 bridgehead atoms. The molecule has 0 saturated carbocycles. The number of thioether (sulfide) groups is 1. The molecule has 2 heterocycles. The number of para-hydroxylation sites is 1. The lowest BCUT2D eigenvalue weighted by molar-refractivity contribution is 0.575. The van der Waals surface area contributed by atoms with Crippen molar-refractivity contribution >= 4 is 11.8 Å². The fourth-order valence-corrected chi connectivity index (χ4v) is 2.55. The second kappa shape index (κ2) is 5.32. The van der Waals surface area contributed by atoms with Crippen LogP contribution in [0.15, 0.2) is 58.3 Å². The monoisotopic (exact) mass is 271 g/mol. The Labute approximate surface area is 115 Å². The molecule has 0 saturated heterocycles. The fourth-order valence-electron chi connectivity index (χ4n) is 1.87. The van der Waals surface area contributed by atoms with Gasteiger partial charge in [-0.1, -0.05) is 36.9 Å². The number of aromatic nitrogens is 3. The van der Waals surface area contributed by atoms with Gasteiger partial charge in [-0.2, -0.15) is 0 Å². The molecule has 5 heteroatoms. The van der Waals surface area contributed by atoms with Crippen molar-refractivity contribution in [3.8, 4) is 17.3 Å². The third-order valence-electron chi connectivity index (χ3n) is 2.66. The van der Waals surface area contributed by atoms with E-state index >= 15 is 0 Å². The minimum atomic E-state index is 0.722. The first-order valence-electron chi connectivity index (χ1n) is 6.07. The van der Waals surface area contributed by atoms with Crippen molar-refractivity contribution in [3.63, 3.8) is 0 Å². The van der Waals surface area contributed by atoms with Crippen molar-refractivity contribution in [1.29, 1.82) is 0 Å². The summed E-state index contributed by atoms with van der Waals surface area (Å²) < 4.78 is 7.46. The van der Waals surface area contributed by atoms with Crippen LogP contribution in [0, 0.1) is 0 Å². The normalized spacial score (nSPS) is 10.8. The Kier molecular flexibility index (Phi) is 3.37. The average molecular weight is 271 g/mol. The van der Waals surface area contributed by atoms with Gasteiger partial charge in [0.25, 0.3) is 0 Å². The van der Waals surface area contributed by atoms with Gasteiger partial charge in [-0.05, 0) is 30.0 Å². The highest BCUT2D eigenvalue weighted by molar-refractivity contribution is 7.99. The van der Waals surface area contributed by atoms with Gasteiger partial charge in [0, 0.05) is 5.69 Å². The van der Waals surface area contributed by atoms with E-state index in [9.17, 15) is 0 Å². The fraction of sp³-hybridized carbons (Fsp3) is 0.143. The number of furan rings is 1. The lowest BCUT2D eigenvalue weighted by Crippen LogP contribution is -1.98. The maximum Gasteiger partial charge on any atom is 0.205 e. The van der Waals surface area contributed by atoms with E-state index in [0.717, 1.165) is 28.2 Å². The van der Waals surface area contributed by atoms with Crippen LogP contribution in [0.3, 0.4) is 0 Å². The molecule has 0 aliphatic rings. The van der Waals surface area contributed by atoms with Crippen molar-refractivity contribution in [2.24, 2.45) is 0 Å². The summed E-state index contributed by atoms with van der Waals surface area (Å²) in [6.45, 7) is 2.10. The van der Waals surface area contributed by atoms with E-state index in [1.807, 2.05) is 47.0 Å². The predicted molar refractivity (Wildman–Crippen MR) is 75.5 cm³/mol. The van der Waals surface area contributed by atoms with Crippen LogP contribution in [0.5, 0.6) is 0 Å². The molecular formula is C14H13N3OS. The highest BCUT2D eigenvalue weighted by Crippen LogP contribution is 2.27. The molecule has 0 aliphatic carbocycles. The van der Waals surface area contributed by atoms with E-state index in [1.54, 1.807) is 18.0 Å². The quantitative estimate of drug-likeness (QED) is 0.679. The van der Waals surface area contributed by atoms with Crippen LogP contribution in [0.25, 0.3) is 17.3 Å². The van der Waals surface area contributed by atoms with Gasteiger partial charge in [-0.15, -0.1) is 10.2 Å². The molecule has 0 aliphatic heterocycles. The topological polar surface area (TPSA) is 43.9 Å². The lowest BCUT2D eigenvalue weighted by atomic mass is 10.3. The molecule has 0 amide bonds. The molecule has 0 unspecified atom stereocenters. The Morgan fingerprint density at radius 3 is 2.63 bits per heavy atom. The van der Waals surface area contributed by atoms with Gasteiger partial charge in [0.05, 0.1) is 6.26 Å². The maximum atomic E-state index is 5.44. The SMILES string of the molecule is CCSc1nnc(-c2ccco2)n1-c1ccccc1. The van der Waals surface area contributed by atoms with E-state index in [1.165, 1.54) is 0 Å². The first-order valence-corrected chi connectivity index (χ1v) is 7.06. The van der Waals surface area contributed by atoms with Crippen LogP contribution in [0.2, 0.25) is 0 Å². The van der Waals surface area contributed by atoms with Gasteiger partial charge in [-0.3, -0.25) is 4.57 Å². The Balaban J connectivity index is 2.16. The first kappa shape index (κ1) is 12.0. The highest BCUT2D eigenvalue weighted by atomic mass is 32.2. The lowest BCUT2D eigenvalue weighted by Gasteiger charge is -2.07. The second-order valence-electron chi connectivity index (χ2n) is 3.89. The van der Waals surface area contributed by atoms with Crippen LogP contribution < -0.4 is 0 Å². The van der Waals surface area contributed by atoms with E-state index < -0.39 is 0 Å². The zero-order valence-corrected chi connectivity index (χ0v) is 11.3. The second-order valence-corrected chi connectivity index (χ2v) is 5.12. The number of nitrogens with zero attached hydrogens (tertiary/aromatic N) is 3. The van der Waals surface area contributed by atoms with Crippen molar-refractivity contribution in [2.45, 2.75) is 12.1 Å². The summed E-state index contributed by atoms with van der Waals surface area (Å²) in [5.41, 5.74) is 1.04. The molecule has 0 spiro atoms. The molecule has 0 atom stereocenters. The minimum absolute atomic E-state index is 0.722. The van der Waals surface area contributed by atoms with Crippen molar-refractivity contribution in [3.05, 3.63) is 48.7 Å². The summed E-state index contributed by atoms with van der Waals surface area (Å²) in [6, 6.07) is 13.8. The average Bonchev–Trinajstić information content (AvgIpc) is 3.08. The molecule has 3 rings (SSSR count). The molecule has 4 nitrogen and oxygen atoms in total. The van der Waals surface area contributed by atoms with Gasteiger partial charge in [-0.25, -0.2) is 0 Å². The van der Waals surface area contributed by atoms with Crippen molar-refractivity contribution in [1.82, 2.24) is 14.8 Å². The number of rotatable bonds is 4. The number of hydrogen-bond acceptors (Lipinski definition) is 4. The molecule has 3 aromatic rings. The van der Waals surface area contributed by atoms with Crippen molar-refractivity contribution in [2.75, 3.05) is 5.75 Å². The summed E-state index contributed by atoms with van der Waals surface area (Å²) in [6.07, 6.45) is 1.64. The van der Waals surface area contributed by atoms with Crippen molar-refractivity contribution < 1.29 is 4.42 Å². The highest BCUT2D eigenvalue weighted by Gasteiger charge is 2.16. The van der Waals surface area contributed by atoms with Crippen LogP contribution in [0.1, 0.15) is 6.92 Å². The Morgan fingerprint density at radius 1 is 1.11 bits per heavy atom. The van der Waals surface area contributed by atoms with Gasteiger partial charge < -0.3 is 4.42 Å². The first-order chi connectivity index (χ1) is 9.40.